The maximum absolute atomic E-state index is 14.4. The number of methoxy groups -OCH3 is 2. The second-order valence-corrected chi connectivity index (χ2v) is 12.5. The average molecular weight is 619 g/mol. The fourth-order valence-corrected chi connectivity index (χ4v) is 8.09. The summed E-state index contributed by atoms with van der Waals surface area (Å²) in [4.78, 5) is 59.0. The molecule has 0 aromatic heterocycles. The molecule has 0 radical (unpaired) electrons. The van der Waals surface area contributed by atoms with Crippen LogP contribution in [0.2, 0.25) is 0 Å². The van der Waals surface area contributed by atoms with Crippen molar-refractivity contribution in [2.45, 2.75) is 19.8 Å². The Balaban J connectivity index is 1.34. The topological polar surface area (TPSA) is 113 Å². The van der Waals surface area contributed by atoms with Gasteiger partial charge >= 0.3 is 0 Å². The molecule has 2 heterocycles. The number of benzene rings is 3. The van der Waals surface area contributed by atoms with Crippen LogP contribution in [0, 0.1) is 35.0 Å². The smallest absolute Gasteiger partial charge is 0.241 e. The number of ether oxygens (including phenoxy) is 2. The summed E-state index contributed by atoms with van der Waals surface area (Å²) in [5, 5.41) is 10.5. The second kappa shape index (κ2) is 11.0. The van der Waals surface area contributed by atoms with E-state index in [9.17, 15) is 24.3 Å². The van der Waals surface area contributed by atoms with Gasteiger partial charge in [-0.1, -0.05) is 60.2 Å². The van der Waals surface area contributed by atoms with E-state index < -0.39 is 35.0 Å². The highest BCUT2D eigenvalue weighted by atomic mass is 16.5. The van der Waals surface area contributed by atoms with Gasteiger partial charge in [-0.05, 0) is 67.6 Å². The molecular weight excluding hydrogens is 584 g/mol. The minimum atomic E-state index is -1.14. The minimum Gasteiger partial charge on any atom is -0.502 e. The fourth-order valence-electron chi connectivity index (χ4n) is 8.09. The first-order valence-corrected chi connectivity index (χ1v) is 15.4. The van der Waals surface area contributed by atoms with Crippen LogP contribution in [0.15, 0.2) is 90.5 Å². The van der Waals surface area contributed by atoms with Gasteiger partial charge in [0.05, 0.1) is 48.8 Å². The Labute approximate surface area is 266 Å². The van der Waals surface area contributed by atoms with E-state index in [0.29, 0.717) is 23.4 Å². The van der Waals surface area contributed by atoms with Gasteiger partial charge in [-0.2, -0.15) is 0 Å². The minimum absolute atomic E-state index is 0.129. The van der Waals surface area contributed by atoms with Gasteiger partial charge in [0.25, 0.3) is 0 Å². The average Bonchev–Trinajstić information content (AvgIpc) is 3.44. The molecule has 6 unspecified atom stereocenters. The number of amides is 4. The van der Waals surface area contributed by atoms with Gasteiger partial charge in [-0.3, -0.25) is 24.1 Å². The summed E-state index contributed by atoms with van der Waals surface area (Å²) in [5.41, 5.74) is 1.43. The number of carbonyl (C=O) groups excluding carboxylic acids is 4. The Morgan fingerprint density at radius 1 is 0.804 bits per heavy atom. The summed E-state index contributed by atoms with van der Waals surface area (Å²) in [6, 6.07) is 21.1. The first-order chi connectivity index (χ1) is 22.2. The van der Waals surface area contributed by atoms with Crippen molar-refractivity contribution in [3.05, 3.63) is 96.1 Å². The number of allylic oxidation sites excluding steroid dienone is 3. The molecule has 2 saturated heterocycles. The van der Waals surface area contributed by atoms with E-state index in [-0.39, 0.29) is 47.3 Å². The SMILES string of the molecule is COc1cc(C=CC2C3=CCC4C(=O)N(c5ccccc5)C(=O)C4C3CC3C(=O)N(c4ccccc4)C(=O)C23C)cc(OC)c1O. The molecule has 4 aliphatic rings. The number of hydrogen-bond donors (Lipinski definition) is 1. The number of phenolic OH excluding ortho intramolecular Hbond substituents is 1. The van der Waals surface area contributed by atoms with E-state index in [4.69, 9.17) is 9.47 Å². The Morgan fingerprint density at radius 3 is 1.98 bits per heavy atom. The molecule has 9 heteroatoms. The van der Waals surface area contributed by atoms with E-state index in [1.165, 1.54) is 24.0 Å². The number of hydrogen-bond acceptors (Lipinski definition) is 7. The van der Waals surface area contributed by atoms with Gasteiger partial charge in [0.15, 0.2) is 11.5 Å². The summed E-state index contributed by atoms with van der Waals surface area (Å²) in [7, 11) is 2.89. The van der Waals surface area contributed by atoms with E-state index in [1.807, 2.05) is 37.3 Å². The fraction of sp³-hybridized carbons (Fsp3) is 0.297. The van der Waals surface area contributed by atoms with Gasteiger partial charge in [0.2, 0.25) is 29.4 Å². The van der Waals surface area contributed by atoms with Crippen LogP contribution < -0.4 is 19.3 Å². The van der Waals surface area contributed by atoms with E-state index >= 15 is 0 Å². The van der Waals surface area contributed by atoms with Crippen molar-refractivity contribution in [2.75, 3.05) is 24.0 Å². The Morgan fingerprint density at radius 2 is 1.39 bits per heavy atom. The molecule has 2 aliphatic carbocycles. The number of nitrogens with zero attached hydrogens (tertiary/aromatic N) is 2. The molecule has 4 amide bonds. The van der Waals surface area contributed by atoms with Crippen LogP contribution >= 0.6 is 0 Å². The van der Waals surface area contributed by atoms with Crippen molar-refractivity contribution in [3.8, 4) is 17.2 Å². The summed E-state index contributed by atoms with van der Waals surface area (Å²) in [6.07, 6.45) is 6.40. The lowest BCUT2D eigenvalue weighted by atomic mass is 9.52. The van der Waals surface area contributed by atoms with Gasteiger partial charge in [-0.25, -0.2) is 4.90 Å². The first kappa shape index (κ1) is 29.5. The van der Waals surface area contributed by atoms with Crippen molar-refractivity contribution in [1.82, 2.24) is 0 Å². The zero-order valence-electron chi connectivity index (χ0n) is 25.8. The van der Waals surface area contributed by atoms with Crippen molar-refractivity contribution >= 4 is 41.1 Å². The van der Waals surface area contributed by atoms with Crippen LogP contribution in [-0.2, 0) is 19.2 Å². The van der Waals surface area contributed by atoms with Crippen molar-refractivity contribution in [2.24, 2.45) is 35.0 Å². The summed E-state index contributed by atoms with van der Waals surface area (Å²) in [5.74, 6) is -3.65. The third-order valence-electron chi connectivity index (χ3n) is 10.4. The van der Waals surface area contributed by atoms with Crippen molar-refractivity contribution < 1.29 is 33.8 Å². The number of anilines is 2. The quantitative estimate of drug-likeness (QED) is 0.291. The number of carbonyl (C=O) groups is 4. The summed E-state index contributed by atoms with van der Waals surface area (Å²) in [6.45, 7) is 1.84. The lowest BCUT2D eigenvalue weighted by Gasteiger charge is -2.47. The predicted octanol–water partition coefficient (Wildman–Crippen LogP) is 5.39. The lowest BCUT2D eigenvalue weighted by molar-refractivity contribution is -0.132. The molecule has 6 atom stereocenters. The molecule has 9 nitrogen and oxygen atoms in total. The highest BCUT2D eigenvalue weighted by Gasteiger charge is 2.66. The van der Waals surface area contributed by atoms with Crippen molar-refractivity contribution in [3.63, 3.8) is 0 Å². The summed E-state index contributed by atoms with van der Waals surface area (Å²) < 4.78 is 10.7. The van der Waals surface area contributed by atoms with Gasteiger partial charge in [0.1, 0.15) is 0 Å². The molecular formula is C37H34N2O7. The van der Waals surface area contributed by atoms with Gasteiger partial charge in [-0.15, -0.1) is 0 Å². The molecule has 1 saturated carbocycles. The van der Waals surface area contributed by atoms with Crippen LogP contribution in [-0.4, -0.2) is 43.0 Å². The highest BCUT2D eigenvalue weighted by molar-refractivity contribution is 6.25. The van der Waals surface area contributed by atoms with E-state index in [2.05, 4.69) is 0 Å². The zero-order valence-corrected chi connectivity index (χ0v) is 25.8. The molecule has 234 valence electrons. The number of phenols is 1. The van der Waals surface area contributed by atoms with E-state index in [1.54, 1.807) is 60.7 Å². The van der Waals surface area contributed by atoms with Crippen molar-refractivity contribution in [1.29, 1.82) is 0 Å². The highest BCUT2D eigenvalue weighted by Crippen LogP contribution is 2.61. The molecule has 7 rings (SSSR count). The molecule has 0 spiro atoms. The molecule has 46 heavy (non-hydrogen) atoms. The second-order valence-electron chi connectivity index (χ2n) is 12.5. The molecule has 3 aromatic rings. The van der Waals surface area contributed by atoms with Crippen LogP contribution in [0.25, 0.3) is 6.08 Å². The maximum atomic E-state index is 14.4. The number of para-hydroxylation sites is 2. The van der Waals surface area contributed by atoms with Crippen LogP contribution in [0.4, 0.5) is 11.4 Å². The lowest BCUT2D eigenvalue weighted by Crippen LogP contribution is -2.49. The molecule has 3 aromatic carbocycles. The molecule has 0 bridgehead atoms. The zero-order chi connectivity index (χ0) is 32.3. The maximum Gasteiger partial charge on any atom is 0.241 e. The number of imide groups is 2. The molecule has 2 aliphatic heterocycles. The predicted molar refractivity (Wildman–Crippen MR) is 171 cm³/mol. The Kier molecular flexibility index (Phi) is 7.07. The van der Waals surface area contributed by atoms with Crippen LogP contribution in [0.5, 0.6) is 17.2 Å². The molecule has 3 fully saturated rings. The van der Waals surface area contributed by atoms with E-state index in [0.717, 1.165) is 5.57 Å². The van der Waals surface area contributed by atoms with Crippen LogP contribution in [0.3, 0.4) is 0 Å². The standard InChI is InChI=1S/C37H34N2O7/c1-37-27(17-14-21-18-29(45-2)32(40)30(19-21)46-3)24-15-16-25-31(35(43)38(33(25)41)22-10-6-4-7-11-22)26(24)20-28(37)34(42)39(36(37)44)23-12-8-5-9-13-23/h4-15,17-19,25-28,31,40H,16,20H2,1-3H3. The number of fused-ring (bicyclic) bond motifs is 4. The third kappa shape index (κ3) is 4.21. The number of rotatable bonds is 6. The number of aromatic hydroxyl groups is 1. The monoisotopic (exact) mass is 618 g/mol. The first-order valence-electron chi connectivity index (χ1n) is 15.4. The Bertz CT molecular complexity index is 1790. The Hall–Kier alpha value is -5.18. The van der Waals surface area contributed by atoms with Gasteiger partial charge < -0.3 is 14.6 Å². The summed E-state index contributed by atoms with van der Waals surface area (Å²) >= 11 is 0. The normalized spacial score (nSPS) is 28.7. The van der Waals surface area contributed by atoms with Gasteiger partial charge in [0, 0.05) is 5.92 Å². The van der Waals surface area contributed by atoms with Crippen LogP contribution in [0.1, 0.15) is 25.3 Å². The molecule has 1 N–H and O–H groups in total. The third-order valence-corrected chi connectivity index (χ3v) is 10.4. The largest absolute Gasteiger partial charge is 0.502 e.